The number of anilines is 3. The molecule has 1 spiro atoms. The summed E-state index contributed by atoms with van der Waals surface area (Å²) in [6, 6.07) is 74.3. The van der Waals surface area contributed by atoms with Gasteiger partial charge in [-0.15, -0.1) is 0 Å². The summed E-state index contributed by atoms with van der Waals surface area (Å²) in [6.45, 7) is 4.75. The van der Waals surface area contributed by atoms with Crippen LogP contribution in [0.4, 0.5) is 17.1 Å². The molecule has 3 aliphatic rings. The Balaban J connectivity index is 1.06. The van der Waals surface area contributed by atoms with Gasteiger partial charge in [0.05, 0.1) is 5.41 Å². The molecular weight excluding hydrogens is 727 g/mol. The van der Waals surface area contributed by atoms with Gasteiger partial charge >= 0.3 is 0 Å². The number of nitrogens with zero attached hydrogens (tertiary/aromatic N) is 1. The highest BCUT2D eigenvalue weighted by molar-refractivity contribution is 6.07. The van der Waals surface area contributed by atoms with Gasteiger partial charge in [-0.1, -0.05) is 166 Å². The zero-order valence-corrected chi connectivity index (χ0v) is 33.4. The third kappa shape index (κ3) is 4.32. The fraction of sp³-hybridized carbons (Fsp3) is 0.0690. The Kier molecular flexibility index (Phi) is 6.74. The second-order valence-electron chi connectivity index (χ2n) is 17.2. The van der Waals surface area contributed by atoms with Crippen LogP contribution in [0.5, 0.6) is 0 Å². The van der Waals surface area contributed by atoms with E-state index < -0.39 is 5.41 Å². The van der Waals surface area contributed by atoms with Crippen LogP contribution in [-0.4, -0.2) is 0 Å². The molecule has 60 heavy (non-hydrogen) atoms. The third-order valence-corrected chi connectivity index (χ3v) is 13.9. The highest BCUT2D eigenvalue weighted by Gasteiger charge is 2.51. The summed E-state index contributed by atoms with van der Waals surface area (Å²) in [4.78, 5) is 2.46. The van der Waals surface area contributed by atoms with E-state index in [4.69, 9.17) is 4.42 Å². The van der Waals surface area contributed by atoms with E-state index in [1.165, 1.54) is 77.9 Å². The van der Waals surface area contributed by atoms with Gasteiger partial charge in [-0.3, -0.25) is 0 Å². The molecule has 0 unspecified atom stereocenters. The molecule has 9 aromatic carbocycles. The smallest absolute Gasteiger partial charge is 0.135 e. The van der Waals surface area contributed by atoms with Crippen LogP contribution in [0, 0.1) is 0 Å². The number of para-hydroxylation sites is 1. The fourth-order valence-electron chi connectivity index (χ4n) is 11.4. The van der Waals surface area contributed by atoms with Gasteiger partial charge < -0.3 is 9.32 Å². The molecule has 10 aromatic rings. The molecule has 0 N–H and O–H groups in total. The standard InChI is InChI=1S/C58H39NO/c1-57(2)49-24-8-3-20-44(49)47-23-14-22-40(56(47)57)36-15-13-16-37(33-36)59(38-30-32-55-48(34-38)46-21-7-12-28-54(46)60-55)39-29-31-45-43-19-6-11-27-52(43)58(53(45)35-39)50-25-9-4-17-41(50)42-18-5-10-26-51(42)58/h3-35H,1-2H3. The van der Waals surface area contributed by atoms with E-state index >= 15 is 0 Å². The number of fused-ring (bicyclic) bond motifs is 16. The van der Waals surface area contributed by atoms with Crippen molar-refractivity contribution in [1.29, 1.82) is 0 Å². The quantitative estimate of drug-likeness (QED) is 0.177. The van der Waals surface area contributed by atoms with E-state index in [0.29, 0.717) is 0 Å². The van der Waals surface area contributed by atoms with Crippen LogP contribution in [0.25, 0.3) is 66.4 Å². The molecule has 0 amide bonds. The lowest BCUT2D eigenvalue weighted by atomic mass is 9.70. The molecule has 0 fully saturated rings. The number of furan rings is 1. The molecule has 0 bridgehead atoms. The summed E-state index contributed by atoms with van der Waals surface area (Å²) < 4.78 is 6.37. The molecule has 2 nitrogen and oxygen atoms in total. The minimum atomic E-state index is -0.446. The molecule has 0 radical (unpaired) electrons. The van der Waals surface area contributed by atoms with Gasteiger partial charge in [-0.2, -0.15) is 0 Å². The summed E-state index contributed by atoms with van der Waals surface area (Å²) >= 11 is 0. The second-order valence-corrected chi connectivity index (χ2v) is 17.2. The average Bonchev–Trinajstić information content (AvgIpc) is 3.99. The van der Waals surface area contributed by atoms with Crippen LogP contribution in [0.2, 0.25) is 0 Å². The lowest BCUT2D eigenvalue weighted by Gasteiger charge is -2.32. The zero-order valence-electron chi connectivity index (χ0n) is 33.4. The summed E-state index contributed by atoms with van der Waals surface area (Å²) in [5, 5.41) is 2.22. The minimum Gasteiger partial charge on any atom is -0.456 e. The van der Waals surface area contributed by atoms with E-state index in [1.807, 2.05) is 6.07 Å². The summed E-state index contributed by atoms with van der Waals surface area (Å²) in [5.41, 5.74) is 22.9. The largest absolute Gasteiger partial charge is 0.456 e. The normalized spacial score (nSPS) is 14.4. The second kappa shape index (κ2) is 12.1. The van der Waals surface area contributed by atoms with Crippen molar-refractivity contribution in [3.8, 4) is 44.5 Å². The van der Waals surface area contributed by atoms with Gasteiger partial charge in [0.2, 0.25) is 0 Å². The average molecular weight is 766 g/mol. The Morgan fingerprint density at radius 1 is 0.350 bits per heavy atom. The predicted molar refractivity (Wildman–Crippen MR) is 248 cm³/mol. The van der Waals surface area contributed by atoms with Gasteiger partial charge in [0.1, 0.15) is 11.2 Å². The fourth-order valence-corrected chi connectivity index (χ4v) is 11.4. The first-order chi connectivity index (χ1) is 29.5. The van der Waals surface area contributed by atoms with Crippen LogP contribution >= 0.6 is 0 Å². The number of benzene rings is 9. The maximum Gasteiger partial charge on any atom is 0.135 e. The van der Waals surface area contributed by atoms with Crippen molar-refractivity contribution in [2.24, 2.45) is 0 Å². The van der Waals surface area contributed by atoms with Gasteiger partial charge in [0.15, 0.2) is 0 Å². The molecule has 1 heterocycles. The molecule has 0 saturated heterocycles. The van der Waals surface area contributed by atoms with Crippen LogP contribution in [0.3, 0.4) is 0 Å². The summed E-state index contributed by atoms with van der Waals surface area (Å²) in [7, 11) is 0. The first kappa shape index (κ1) is 33.5. The molecular formula is C58H39NO. The SMILES string of the molecule is CC1(C)c2ccccc2-c2cccc(-c3cccc(N(c4ccc5c(c4)C4(c6ccccc6-c6ccccc64)c4ccccc4-5)c4ccc5oc6ccccc6c5c4)c3)c21. The zero-order chi connectivity index (χ0) is 39.7. The van der Waals surface area contributed by atoms with Crippen molar-refractivity contribution in [3.63, 3.8) is 0 Å². The van der Waals surface area contributed by atoms with E-state index in [-0.39, 0.29) is 5.41 Å². The Bertz CT molecular complexity index is 3370. The van der Waals surface area contributed by atoms with E-state index in [1.54, 1.807) is 0 Å². The first-order valence-corrected chi connectivity index (χ1v) is 21.0. The van der Waals surface area contributed by atoms with Crippen LogP contribution in [-0.2, 0) is 10.8 Å². The van der Waals surface area contributed by atoms with E-state index in [9.17, 15) is 0 Å². The molecule has 282 valence electrons. The number of rotatable bonds is 4. The van der Waals surface area contributed by atoms with Crippen molar-refractivity contribution < 1.29 is 4.42 Å². The summed E-state index contributed by atoms with van der Waals surface area (Å²) in [5.74, 6) is 0. The Hall–Kier alpha value is -7.42. The van der Waals surface area contributed by atoms with Crippen molar-refractivity contribution in [1.82, 2.24) is 0 Å². The maximum atomic E-state index is 6.37. The Morgan fingerprint density at radius 2 is 0.850 bits per heavy atom. The monoisotopic (exact) mass is 765 g/mol. The third-order valence-electron chi connectivity index (χ3n) is 13.9. The van der Waals surface area contributed by atoms with Gasteiger partial charge in [-0.05, 0) is 126 Å². The lowest BCUT2D eigenvalue weighted by molar-refractivity contribution is 0.662. The van der Waals surface area contributed by atoms with Gasteiger partial charge in [0, 0.05) is 33.2 Å². The maximum absolute atomic E-state index is 6.37. The topological polar surface area (TPSA) is 16.4 Å². The molecule has 0 saturated carbocycles. The van der Waals surface area contributed by atoms with Gasteiger partial charge in [-0.25, -0.2) is 0 Å². The highest BCUT2D eigenvalue weighted by Crippen LogP contribution is 2.63. The first-order valence-electron chi connectivity index (χ1n) is 21.0. The molecule has 1 aromatic heterocycles. The number of hydrogen-bond acceptors (Lipinski definition) is 2. The Labute approximate surface area is 349 Å². The van der Waals surface area contributed by atoms with Crippen molar-refractivity contribution in [2.75, 3.05) is 4.90 Å². The molecule has 2 heteroatoms. The predicted octanol–water partition coefficient (Wildman–Crippen LogP) is 15.4. The molecule has 13 rings (SSSR count). The Morgan fingerprint density at radius 3 is 1.57 bits per heavy atom. The number of hydrogen-bond donors (Lipinski definition) is 0. The van der Waals surface area contributed by atoms with Crippen molar-refractivity contribution in [2.45, 2.75) is 24.7 Å². The van der Waals surface area contributed by atoms with Crippen molar-refractivity contribution >= 4 is 39.0 Å². The van der Waals surface area contributed by atoms with Crippen LogP contribution < -0.4 is 4.90 Å². The summed E-state index contributed by atoms with van der Waals surface area (Å²) in [6.07, 6.45) is 0. The molecule has 0 atom stereocenters. The highest BCUT2D eigenvalue weighted by atomic mass is 16.3. The van der Waals surface area contributed by atoms with E-state index in [2.05, 4.69) is 213 Å². The lowest BCUT2D eigenvalue weighted by Crippen LogP contribution is -2.26. The van der Waals surface area contributed by atoms with Crippen LogP contribution in [0.1, 0.15) is 47.2 Å². The molecule has 0 aliphatic heterocycles. The van der Waals surface area contributed by atoms with Crippen molar-refractivity contribution in [3.05, 3.63) is 234 Å². The van der Waals surface area contributed by atoms with Gasteiger partial charge in [0.25, 0.3) is 0 Å². The van der Waals surface area contributed by atoms with Crippen LogP contribution in [0.15, 0.2) is 205 Å². The minimum absolute atomic E-state index is 0.136. The van der Waals surface area contributed by atoms with E-state index in [0.717, 1.165) is 39.0 Å². The molecule has 3 aliphatic carbocycles.